The molecule has 2 rings (SSSR count). The molecule has 0 amide bonds. The molecule has 0 aromatic heterocycles. The molecular weight excluding hydrogens is 332 g/mol. The quantitative estimate of drug-likeness (QED) is 0.431. The molecule has 0 unspecified atom stereocenters. The van der Waals surface area contributed by atoms with E-state index in [2.05, 4.69) is 15.9 Å². The molecule has 7 heteroatoms. The Morgan fingerprint density at radius 3 is 2.35 bits per heavy atom. The molecule has 110 valence electrons. The van der Waals surface area contributed by atoms with Crippen molar-refractivity contribution in [3.63, 3.8) is 0 Å². The second kappa shape index (κ2) is 5.88. The largest absolute Gasteiger partial charge is 0.394 e. The van der Waals surface area contributed by atoms with Gasteiger partial charge in [-0.2, -0.15) is 0 Å². The first-order chi connectivity index (χ1) is 9.41. The third-order valence-electron chi connectivity index (χ3n) is 3.28. The Kier molecular flexibility index (Phi) is 4.58. The van der Waals surface area contributed by atoms with Gasteiger partial charge in [0, 0.05) is 5.56 Å². The highest BCUT2D eigenvalue weighted by Gasteiger charge is 2.56. The van der Waals surface area contributed by atoms with Crippen LogP contribution in [0, 0.1) is 0 Å². The summed E-state index contributed by atoms with van der Waals surface area (Å²) in [6, 6.07) is 8.09. The monoisotopic (exact) mass is 346 g/mol. The number of carbonyl (C=O) groups is 1. The van der Waals surface area contributed by atoms with Gasteiger partial charge < -0.3 is 25.2 Å². The maximum atomic E-state index is 12.4. The van der Waals surface area contributed by atoms with Crippen LogP contribution in [0.4, 0.5) is 0 Å². The Hall–Kier alpha value is -0.830. The lowest BCUT2D eigenvalue weighted by atomic mass is 9.90. The van der Waals surface area contributed by atoms with Gasteiger partial charge in [0.25, 0.3) is 0 Å². The van der Waals surface area contributed by atoms with Crippen LogP contribution in [0.3, 0.4) is 0 Å². The van der Waals surface area contributed by atoms with E-state index in [9.17, 15) is 20.1 Å². The summed E-state index contributed by atoms with van der Waals surface area (Å²) < 4.78 is 3.38. The Labute approximate surface area is 123 Å². The third-order valence-corrected chi connectivity index (χ3v) is 4.30. The lowest BCUT2D eigenvalue weighted by Gasteiger charge is -2.44. The van der Waals surface area contributed by atoms with E-state index in [0.29, 0.717) is 0 Å². The summed E-state index contributed by atoms with van der Waals surface area (Å²) in [6.07, 6.45) is -5.95. The minimum atomic E-state index is -1.92. The number of rotatable bonds is 3. The Bertz CT molecular complexity index is 479. The average molecular weight is 347 g/mol. The van der Waals surface area contributed by atoms with Gasteiger partial charge in [0.15, 0.2) is 0 Å². The molecular formula is C13H15BrO6. The Morgan fingerprint density at radius 2 is 1.80 bits per heavy atom. The lowest BCUT2D eigenvalue weighted by molar-refractivity contribution is -0.224. The van der Waals surface area contributed by atoms with E-state index < -0.39 is 41.3 Å². The van der Waals surface area contributed by atoms with Crippen LogP contribution >= 0.6 is 15.9 Å². The summed E-state index contributed by atoms with van der Waals surface area (Å²) in [5.74, 6) is -0.602. The highest BCUT2D eigenvalue weighted by atomic mass is 79.9. The first kappa shape index (κ1) is 15.6. The summed E-state index contributed by atoms with van der Waals surface area (Å²) in [7, 11) is 0. The van der Waals surface area contributed by atoms with E-state index in [0.717, 1.165) is 0 Å². The third kappa shape index (κ3) is 2.52. The van der Waals surface area contributed by atoms with E-state index in [1.165, 1.54) is 12.1 Å². The van der Waals surface area contributed by atoms with Crippen molar-refractivity contribution in [2.24, 2.45) is 0 Å². The average Bonchev–Trinajstić information content (AvgIpc) is 2.49. The zero-order chi connectivity index (χ0) is 14.9. The number of halogens is 1. The van der Waals surface area contributed by atoms with Gasteiger partial charge in [-0.3, -0.25) is 4.79 Å². The normalized spacial score (nSPS) is 37.6. The van der Waals surface area contributed by atoms with Gasteiger partial charge in [-0.15, -0.1) is 0 Å². The van der Waals surface area contributed by atoms with Crippen LogP contribution in [0.1, 0.15) is 10.4 Å². The summed E-state index contributed by atoms with van der Waals surface area (Å²) in [4.78, 5) is 12.4. The maximum absolute atomic E-state index is 12.4. The fraction of sp³-hybridized carbons (Fsp3) is 0.462. The van der Waals surface area contributed by atoms with E-state index in [1.54, 1.807) is 18.2 Å². The lowest BCUT2D eigenvalue weighted by Crippen LogP contribution is -2.65. The number of benzene rings is 1. The van der Waals surface area contributed by atoms with Crippen molar-refractivity contribution in [2.75, 3.05) is 6.61 Å². The summed E-state index contributed by atoms with van der Waals surface area (Å²) >= 11 is 3.01. The van der Waals surface area contributed by atoms with Crippen LogP contribution < -0.4 is 0 Å². The van der Waals surface area contributed by atoms with Crippen molar-refractivity contribution >= 4 is 21.7 Å². The topological polar surface area (TPSA) is 107 Å². The first-order valence-electron chi connectivity index (χ1n) is 6.03. The SMILES string of the molecule is O=C(c1ccccc1)[C@@]1(Br)O[C@H](CO)[C@H](O)[C@H](O)[C@H]1O. The summed E-state index contributed by atoms with van der Waals surface area (Å²) in [5, 5.41) is 38.6. The molecule has 1 fully saturated rings. The van der Waals surface area contributed by atoms with Gasteiger partial charge in [0.05, 0.1) is 6.61 Å². The smallest absolute Gasteiger partial charge is 0.214 e. The number of aliphatic hydroxyl groups is 4. The van der Waals surface area contributed by atoms with Crippen LogP contribution in [0.25, 0.3) is 0 Å². The number of aliphatic hydroxyl groups excluding tert-OH is 4. The zero-order valence-electron chi connectivity index (χ0n) is 10.4. The second-order valence-electron chi connectivity index (χ2n) is 4.61. The minimum absolute atomic E-state index is 0.267. The van der Waals surface area contributed by atoms with Crippen molar-refractivity contribution in [1.29, 1.82) is 0 Å². The van der Waals surface area contributed by atoms with Gasteiger partial charge in [-0.05, 0) is 15.9 Å². The molecule has 1 aromatic rings. The van der Waals surface area contributed by atoms with Gasteiger partial charge in [-0.1, -0.05) is 30.3 Å². The molecule has 4 N–H and O–H groups in total. The van der Waals surface area contributed by atoms with Crippen molar-refractivity contribution in [1.82, 2.24) is 0 Å². The molecule has 1 heterocycles. The number of alkyl halides is 1. The fourth-order valence-corrected chi connectivity index (χ4v) is 2.85. The molecule has 5 atom stereocenters. The van der Waals surface area contributed by atoms with Crippen molar-refractivity contribution in [3.05, 3.63) is 35.9 Å². The highest BCUT2D eigenvalue weighted by Crippen LogP contribution is 2.37. The molecule has 0 radical (unpaired) electrons. The molecule has 0 saturated carbocycles. The van der Waals surface area contributed by atoms with Crippen LogP contribution in [-0.4, -0.2) is 61.7 Å². The predicted octanol–water partition coefficient (Wildman–Crippen LogP) is -0.566. The van der Waals surface area contributed by atoms with E-state index in [-0.39, 0.29) is 5.56 Å². The fourth-order valence-electron chi connectivity index (χ4n) is 2.11. The number of hydrogen-bond acceptors (Lipinski definition) is 6. The molecule has 1 aliphatic heterocycles. The van der Waals surface area contributed by atoms with Crippen LogP contribution in [-0.2, 0) is 4.74 Å². The van der Waals surface area contributed by atoms with E-state index >= 15 is 0 Å². The minimum Gasteiger partial charge on any atom is -0.394 e. The second-order valence-corrected chi connectivity index (χ2v) is 5.78. The maximum Gasteiger partial charge on any atom is 0.214 e. The van der Waals surface area contributed by atoms with Crippen molar-refractivity contribution in [2.45, 2.75) is 28.9 Å². The number of hydrogen-bond donors (Lipinski definition) is 4. The number of carbonyl (C=O) groups excluding carboxylic acids is 1. The van der Waals surface area contributed by atoms with E-state index in [4.69, 9.17) is 9.84 Å². The van der Waals surface area contributed by atoms with Gasteiger partial charge in [-0.25, -0.2) is 0 Å². The molecule has 0 spiro atoms. The molecule has 6 nitrogen and oxygen atoms in total. The van der Waals surface area contributed by atoms with Gasteiger partial charge in [0.1, 0.15) is 24.4 Å². The number of Topliss-reactive ketones (excluding diaryl/α,β-unsaturated/α-hetero) is 1. The Morgan fingerprint density at radius 1 is 1.20 bits per heavy atom. The summed E-state index contributed by atoms with van der Waals surface area (Å²) in [6.45, 7) is -0.597. The van der Waals surface area contributed by atoms with Gasteiger partial charge in [0.2, 0.25) is 10.3 Å². The summed E-state index contributed by atoms with van der Waals surface area (Å²) in [5.41, 5.74) is 0.267. The standard InChI is InChI=1S/C13H15BrO6/c14-13(11(18)7-4-2-1-3-5-7)12(19)10(17)9(16)8(6-15)20-13/h1-5,8-10,12,15-17,19H,6H2/t8-,9+,10+,12-,13-/m1/s1. The Balaban J connectivity index is 2.34. The predicted molar refractivity (Wildman–Crippen MR) is 72.4 cm³/mol. The van der Waals surface area contributed by atoms with Crippen LogP contribution in [0.5, 0.6) is 0 Å². The van der Waals surface area contributed by atoms with Gasteiger partial charge >= 0.3 is 0 Å². The molecule has 1 aliphatic rings. The first-order valence-corrected chi connectivity index (χ1v) is 6.82. The van der Waals surface area contributed by atoms with Crippen LogP contribution in [0.2, 0.25) is 0 Å². The van der Waals surface area contributed by atoms with Crippen LogP contribution in [0.15, 0.2) is 30.3 Å². The zero-order valence-corrected chi connectivity index (χ0v) is 12.0. The number of ether oxygens (including phenoxy) is 1. The van der Waals surface area contributed by atoms with Crippen molar-refractivity contribution < 1.29 is 30.0 Å². The molecule has 0 aliphatic carbocycles. The highest BCUT2D eigenvalue weighted by molar-refractivity contribution is 9.10. The van der Waals surface area contributed by atoms with E-state index in [1.807, 2.05) is 0 Å². The molecule has 1 saturated heterocycles. The molecule has 0 bridgehead atoms. The van der Waals surface area contributed by atoms with Crippen molar-refractivity contribution in [3.8, 4) is 0 Å². The number of ketones is 1. The molecule has 20 heavy (non-hydrogen) atoms. The molecule has 1 aromatic carbocycles.